The third kappa shape index (κ3) is 7.55. The number of phenolic OH excluding ortho intramolecular Hbond substituents is 1. The van der Waals surface area contributed by atoms with Crippen molar-refractivity contribution in [3.8, 4) is 5.75 Å². The van der Waals surface area contributed by atoms with Gasteiger partial charge in [-0.25, -0.2) is 0 Å². The van der Waals surface area contributed by atoms with Gasteiger partial charge in [0.25, 0.3) is 0 Å². The summed E-state index contributed by atoms with van der Waals surface area (Å²) in [7, 11) is 0. The number of carbonyl (C=O) groups excluding carboxylic acids is 1. The Morgan fingerprint density at radius 2 is 1.53 bits per heavy atom. The molecule has 3 heteroatoms. The van der Waals surface area contributed by atoms with Crippen LogP contribution in [0.25, 0.3) is 0 Å². The number of aromatic hydroxyl groups is 1. The van der Waals surface area contributed by atoms with Crippen molar-refractivity contribution in [1.82, 2.24) is 0 Å². The highest BCUT2D eigenvalue weighted by atomic mass is 16.5. The van der Waals surface area contributed by atoms with Crippen LogP contribution < -0.4 is 0 Å². The normalized spacial score (nSPS) is 12.9. The van der Waals surface area contributed by atoms with Crippen LogP contribution >= 0.6 is 0 Å². The average Bonchev–Trinajstić information content (AvgIpc) is 2.70. The summed E-state index contributed by atoms with van der Waals surface area (Å²) in [5.41, 5.74) is 3.76. The van der Waals surface area contributed by atoms with Crippen LogP contribution in [-0.4, -0.2) is 17.2 Å². The van der Waals surface area contributed by atoms with E-state index in [2.05, 4.69) is 60.3 Å². The molecule has 0 amide bonds. The lowest BCUT2D eigenvalue weighted by atomic mass is 9.78. The zero-order chi connectivity index (χ0) is 23.9. The quantitative estimate of drug-likeness (QED) is 0.339. The van der Waals surface area contributed by atoms with E-state index in [4.69, 9.17) is 4.74 Å². The molecule has 0 aliphatic carbocycles. The number of hydrogen-bond donors (Lipinski definition) is 1. The fourth-order valence-electron chi connectivity index (χ4n) is 3.86. The van der Waals surface area contributed by atoms with E-state index in [1.165, 1.54) is 5.56 Å². The van der Waals surface area contributed by atoms with Crippen LogP contribution in [0.3, 0.4) is 0 Å². The maximum Gasteiger partial charge on any atom is 0.306 e. The molecule has 2 rings (SSSR count). The lowest BCUT2D eigenvalue weighted by Gasteiger charge is -2.28. The van der Waals surface area contributed by atoms with E-state index in [-0.39, 0.29) is 22.9 Å². The van der Waals surface area contributed by atoms with Gasteiger partial charge in [0.1, 0.15) is 11.9 Å². The van der Waals surface area contributed by atoms with Crippen LogP contribution in [0.1, 0.15) is 83.1 Å². The summed E-state index contributed by atoms with van der Waals surface area (Å²) in [6.45, 7) is 16.4. The highest BCUT2D eigenvalue weighted by Crippen LogP contribution is 2.40. The Labute approximate surface area is 194 Å². The van der Waals surface area contributed by atoms with Crippen LogP contribution in [0.5, 0.6) is 5.75 Å². The summed E-state index contributed by atoms with van der Waals surface area (Å²) in [5, 5.41) is 10.9. The fraction of sp³-hybridized carbons (Fsp3) is 0.483. The average molecular weight is 437 g/mol. The summed E-state index contributed by atoms with van der Waals surface area (Å²) in [5.74, 6) is 0.177. The molecule has 0 saturated heterocycles. The first-order valence-electron chi connectivity index (χ1n) is 11.6. The van der Waals surface area contributed by atoms with Gasteiger partial charge in [0.2, 0.25) is 0 Å². The number of rotatable bonds is 9. The monoisotopic (exact) mass is 436 g/mol. The molecule has 0 aliphatic heterocycles. The molecule has 3 nitrogen and oxygen atoms in total. The molecule has 174 valence electrons. The standard InChI is InChI=1S/C29H40O3/c1-8-12-23(17-15-21-13-10-9-11-14-21)32-26(30)18-16-22-19-24(28(2,3)4)27(31)25(20-22)29(5,6)7/h8-11,13-14,19-20,23,31H,1,12,15-18H2,2-7H3. The smallest absolute Gasteiger partial charge is 0.306 e. The van der Waals surface area contributed by atoms with E-state index >= 15 is 0 Å². The Morgan fingerprint density at radius 1 is 0.969 bits per heavy atom. The van der Waals surface area contributed by atoms with Gasteiger partial charge in [0, 0.05) is 12.8 Å². The first kappa shape index (κ1) is 25.7. The lowest BCUT2D eigenvalue weighted by molar-refractivity contribution is -0.149. The van der Waals surface area contributed by atoms with Gasteiger partial charge in [-0.1, -0.05) is 90.1 Å². The van der Waals surface area contributed by atoms with Crippen LogP contribution in [0.2, 0.25) is 0 Å². The number of benzene rings is 2. The minimum Gasteiger partial charge on any atom is -0.507 e. The molecular weight excluding hydrogens is 396 g/mol. The second-order valence-electron chi connectivity index (χ2n) is 10.7. The van der Waals surface area contributed by atoms with E-state index in [9.17, 15) is 9.90 Å². The van der Waals surface area contributed by atoms with Crippen molar-refractivity contribution in [1.29, 1.82) is 0 Å². The van der Waals surface area contributed by atoms with Crippen molar-refractivity contribution >= 4 is 5.97 Å². The van der Waals surface area contributed by atoms with E-state index in [1.807, 2.05) is 36.4 Å². The highest BCUT2D eigenvalue weighted by molar-refractivity contribution is 5.70. The molecule has 0 heterocycles. The Bertz CT molecular complexity index is 863. The number of hydrogen-bond acceptors (Lipinski definition) is 3. The Kier molecular flexibility index (Phi) is 8.72. The molecule has 2 aromatic carbocycles. The zero-order valence-corrected chi connectivity index (χ0v) is 20.7. The van der Waals surface area contributed by atoms with Crippen LogP contribution in [0.15, 0.2) is 55.1 Å². The SMILES string of the molecule is C=CCC(CCc1ccccc1)OC(=O)CCc1cc(C(C)(C)C)c(O)c(C(C)(C)C)c1. The van der Waals surface area contributed by atoms with Crippen molar-refractivity contribution < 1.29 is 14.6 Å². The molecule has 0 aromatic heterocycles. The van der Waals surface area contributed by atoms with Crippen LogP contribution in [0.4, 0.5) is 0 Å². The topological polar surface area (TPSA) is 46.5 Å². The molecule has 0 saturated carbocycles. The van der Waals surface area contributed by atoms with Gasteiger partial charge >= 0.3 is 5.97 Å². The van der Waals surface area contributed by atoms with E-state index in [0.29, 0.717) is 25.0 Å². The molecule has 2 aromatic rings. The molecule has 1 N–H and O–H groups in total. The molecule has 0 radical (unpaired) electrons. The largest absolute Gasteiger partial charge is 0.507 e. The maximum absolute atomic E-state index is 12.6. The Morgan fingerprint density at radius 3 is 2.03 bits per heavy atom. The predicted molar refractivity (Wildman–Crippen MR) is 133 cm³/mol. The molecule has 0 aliphatic rings. The first-order chi connectivity index (χ1) is 14.9. The number of aryl methyl sites for hydroxylation is 2. The lowest BCUT2D eigenvalue weighted by Crippen LogP contribution is -2.20. The fourth-order valence-corrected chi connectivity index (χ4v) is 3.86. The second-order valence-corrected chi connectivity index (χ2v) is 10.7. The molecule has 1 unspecified atom stereocenters. The maximum atomic E-state index is 12.6. The number of ether oxygens (including phenoxy) is 1. The van der Waals surface area contributed by atoms with Crippen LogP contribution in [-0.2, 0) is 33.2 Å². The van der Waals surface area contributed by atoms with Gasteiger partial charge in [0.05, 0.1) is 0 Å². The summed E-state index contributed by atoms with van der Waals surface area (Å²) in [4.78, 5) is 12.6. The number of esters is 1. The summed E-state index contributed by atoms with van der Waals surface area (Å²) < 4.78 is 5.79. The van der Waals surface area contributed by atoms with Crippen LogP contribution in [0, 0.1) is 0 Å². The minimum atomic E-state index is -0.187. The molecule has 0 spiro atoms. The Hall–Kier alpha value is -2.55. The predicted octanol–water partition coefficient (Wildman–Crippen LogP) is 7.04. The van der Waals surface area contributed by atoms with Gasteiger partial charge < -0.3 is 9.84 Å². The summed E-state index contributed by atoms with van der Waals surface area (Å²) >= 11 is 0. The molecule has 1 atom stereocenters. The highest BCUT2D eigenvalue weighted by Gasteiger charge is 2.26. The second kappa shape index (κ2) is 10.8. The summed E-state index contributed by atoms with van der Waals surface area (Å²) in [6, 6.07) is 14.3. The Balaban J connectivity index is 2.07. The van der Waals surface area contributed by atoms with Crippen molar-refractivity contribution in [3.05, 3.63) is 77.4 Å². The molecule has 0 fully saturated rings. The van der Waals surface area contributed by atoms with Gasteiger partial charge in [-0.15, -0.1) is 6.58 Å². The van der Waals surface area contributed by atoms with E-state index in [0.717, 1.165) is 29.5 Å². The van der Waals surface area contributed by atoms with Crippen molar-refractivity contribution in [2.45, 2.75) is 90.6 Å². The van der Waals surface area contributed by atoms with Gasteiger partial charge in [-0.05, 0) is 52.3 Å². The summed E-state index contributed by atoms with van der Waals surface area (Å²) in [6.07, 6.45) is 4.86. The van der Waals surface area contributed by atoms with Crippen molar-refractivity contribution in [3.63, 3.8) is 0 Å². The van der Waals surface area contributed by atoms with Gasteiger partial charge in [-0.2, -0.15) is 0 Å². The minimum absolute atomic E-state index is 0.157. The molecule has 32 heavy (non-hydrogen) atoms. The van der Waals surface area contributed by atoms with Crippen molar-refractivity contribution in [2.24, 2.45) is 0 Å². The number of carbonyl (C=O) groups is 1. The number of phenols is 1. The molecule has 0 bridgehead atoms. The van der Waals surface area contributed by atoms with Crippen molar-refractivity contribution in [2.75, 3.05) is 0 Å². The third-order valence-electron chi connectivity index (χ3n) is 5.73. The van der Waals surface area contributed by atoms with E-state index in [1.54, 1.807) is 0 Å². The van der Waals surface area contributed by atoms with Gasteiger partial charge in [0.15, 0.2) is 0 Å². The molecular formula is C29H40O3. The van der Waals surface area contributed by atoms with Gasteiger partial charge in [-0.3, -0.25) is 4.79 Å². The van der Waals surface area contributed by atoms with E-state index < -0.39 is 0 Å². The third-order valence-corrected chi connectivity index (χ3v) is 5.73. The first-order valence-corrected chi connectivity index (χ1v) is 11.6. The zero-order valence-electron chi connectivity index (χ0n) is 20.7.